The highest BCUT2D eigenvalue weighted by molar-refractivity contribution is 5.80. The Bertz CT molecular complexity index is 1130. The monoisotopic (exact) mass is 477 g/mol. The Morgan fingerprint density at radius 2 is 1.88 bits per heavy atom. The molecular formula is C24H26F3N3O4. The maximum atomic E-state index is 12.8. The lowest BCUT2D eigenvalue weighted by molar-refractivity contribution is -0.142. The number of carbonyl (C=O) groups is 1. The first kappa shape index (κ1) is 25.1. The maximum Gasteiger partial charge on any atom is 0.417 e. The fourth-order valence-electron chi connectivity index (χ4n) is 3.18. The zero-order chi connectivity index (χ0) is 24.9. The van der Waals surface area contributed by atoms with Gasteiger partial charge in [-0.15, -0.1) is 5.10 Å². The lowest BCUT2D eigenvalue weighted by Gasteiger charge is -2.20. The second-order valence-electron chi connectivity index (χ2n) is 8.15. The number of pyridine rings is 1. The molecule has 0 bridgehead atoms. The lowest BCUT2D eigenvalue weighted by atomic mass is 9.85. The van der Waals surface area contributed by atoms with E-state index in [1.807, 2.05) is 6.92 Å². The van der Waals surface area contributed by atoms with Gasteiger partial charge in [-0.25, -0.2) is 9.67 Å². The Kier molecular flexibility index (Phi) is 7.48. The summed E-state index contributed by atoms with van der Waals surface area (Å²) in [5.41, 5.74) is -0.455. The number of aliphatic carboxylic acids is 1. The Morgan fingerprint density at radius 3 is 2.50 bits per heavy atom. The minimum atomic E-state index is -4.46. The molecule has 10 heteroatoms. The summed E-state index contributed by atoms with van der Waals surface area (Å²) in [4.78, 5) is 15.4. The predicted octanol–water partition coefficient (Wildman–Crippen LogP) is 5.06. The summed E-state index contributed by atoms with van der Waals surface area (Å²) in [6.45, 7) is 5.83. The first-order chi connectivity index (χ1) is 16.0. The zero-order valence-corrected chi connectivity index (χ0v) is 19.1. The van der Waals surface area contributed by atoms with Gasteiger partial charge in [-0.05, 0) is 63.4 Å². The predicted molar refractivity (Wildman–Crippen MR) is 118 cm³/mol. The van der Waals surface area contributed by atoms with Crippen LogP contribution < -0.4 is 9.47 Å². The summed E-state index contributed by atoms with van der Waals surface area (Å²) in [6.07, 6.45) is -0.851. The van der Waals surface area contributed by atoms with Gasteiger partial charge < -0.3 is 14.6 Å². The minimum Gasteiger partial charge on any atom is -0.494 e. The number of alkyl halides is 3. The third kappa shape index (κ3) is 5.86. The first-order valence-electron chi connectivity index (χ1n) is 10.7. The minimum absolute atomic E-state index is 0.245. The van der Waals surface area contributed by atoms with E-state index in [-0.39, 0.29) is 5.82 Å². The largest absolute Gasteiger partial charge is 0.494 e. The number of aromatic nitrogens is 3. The van der Waals surface area contributed by atoms with Gasteiger partial charge in [0.1, 0.15) is 5.75 Å². The quantitative estimate of drug-likeness (QED) is 0.411. The van der Waals surface area contributed by atoms with Crippen LogP contribution in [-0.2, 0) is 22.8 Å². The number of benzene rings is 1. The molecule has 0 radical (unpaired) electrons. The lowest BCUT2D eigenvalue weighted by Crippen LogP contribution is -2.28. The van der Waals surface area contributed by atoms with Gasteiger partial charge in [0.05, 0.1) is 24.2 Å². The van der Waals surface area contributed by atoms with Crippen LogP contribution in [-0.4, -0.2) is 39.1 Å². The van der Waals surface area contributed by atoms with Crippen molar-refractivity contribution in [2.75, 3.05) is 13.2 Å². The van der Waals surface area contributed by atoms with E-state index in [0.717, 1.165) is 17.8 Å². The van der Waals surface area contributed by atoms with E-state index in [4.69, 9.17) is 9.47 Å². The number of nitrogens with zero attached hydrogens (tertiary/aromatic N) is 3. The molecule has 0 fully saturated rings. The van der Waals surface area contributed by atoms with E-state index in [9.17, 15) is 23.1 Å². The summed E-state index contributed by atoms with van der Waals surface area (Å²) < 4.78 is 51.1. The molecule has 0 saturated carbocycles. The summed E-state index contributed by atoms with van der Waals surface area (Å²) >= 11 is 0. The fraction of sp³-hybridized carbons (Fsp3) is 0.375. The van der Waals surface area contributed by atoms with E-state index in [1.165, 1.54) is 10.7 Å². The number of hydrogen-bond acceptors (Lipinski definition) is 5. The third-order valence-corrected chi connectivity index (χ3v) is 5.29. The number of hydrogen-bond donors (Lipinski definition) is 1. The van der Waals surface area contributed by atoms with Gasteiger partial charge in [0.15, 0.2) is 5.82 Å². The summed E-state index contributed by atoms with van der Waals surface area (Å²) in [5.74, 6) is 0.276. The molecule has 2 heterocycles. The maximum absolute atomic E-state index is 12.8. The van der Waals surface area contributed by atoms with Crippen molar-refractivity contribution < 1.29 is 32.5 Å². The molecule has 1 N–H and O–H groups in total. The van der Waals surface area contributed by atoms with Crippen molar-refractivity contribution in [3.63, 3.8) is 0 Å². The van der Waals surface area contributed by atoms with Crippen LogP contribution in [0.1, 0.15) is 43.9 Å². The molecule has 0 amide bonds. The Balaban J connectivity index is 1.65. The third-order valence-electron chi connectivity index (χ3n) is 5.29. The normalized spacial score (nSPS) is 11.9. The van der Waals surface area contributed by atoms with Gasteiger partial charge in [-0.1, -0.05) is 12.1 Å². The highest BCUT2D eigenvalue weighted by Crippen LogP contribution is 2.29. The van der Waals surface area contributed by atoms with Crippen LogP contribution in [0.4, 0.5) is 13.2 Å². The Hall–Kier alpha value is -3.56. The van der Waals surface area contributed by atoms with Crippen LogP contribution in [0.25, 0.3) is 5.82 Å². The van der Waals surface area contributed by atoms with Crippen LogP contribution in [0.3, 0.4) is 0 Å². The summed E-state index contributed by atoms with van der Waals surface area (Å²) in [6, 6.07) is 9.19. The van der Waals surface area contributed by atoms with E-state index < -0.39 is 23.1 Å². The van der Waals surface area contributed by atoms with Crippen LogP contribution in [0, 0.1) is 0 Å². The average Bonchev–Trinajstić information content (AvgIpc) is 3.19. The molecule has 0 aliphatic heterocycles. The van der Waals surface area contributed by atoms with Crippen molar-refractivity contribution >= 4 is 5.97 Å². The molecule has 3 rings (SSSR count). The van der Waals surface area contributed by atoms with Gasteiger partial charge in [0, 0.05) is 18.0 Å². The molecule has 0 aliphatic rings. The number of halogens is 3. The zero-order valence-electron chi connectivity index (χ0n) is 19.1. The molecule has 182 valence electrons. The molecule has 3 aromatic rings. The SMILES string of the molecule is CCOc1nn(-c2ccc(C(F)(F)F)cn2)cc1CCCOc1cccc(C(C)(C)C(=O)O)c1. The molecule has 0 unspecified atom stereocenters. The molecule has 2 aromatic heterocycles. The van der Waals surface area contributed by atoms with Crippen LogP contribution in [0.2, 0.25) is 0 Å². The van der Waals surface area contributed by atoms with Crippen molar-refractivity contribution in [1.82, 2.24) is 14.8 Å². The highest BCUT2D eigenvalue weighted by Gasteiger charge is 2.31. The van der Waals surface area contributed by atoms with Crippen molar-refractivity contribution in [3.8, 4) is 17.4 Å². The van der Waals surface area contributed by atoms with Gasteiger partial charge >= 0.3 is 12.1 Å². The number of ether oxygens (including phenoxy) is 2. The van der Waals surface area contributed by atoms with Gasteiger partial charge in [0.2, 0.25) is 5.88 Å². The number of carboxylic acid groups (broad SMARTS) is 1. The standard InChI is InChI=1S/C24H26F3N3O4/c1-4-33-21-16(15-30(29-21)20-11-10-18(14-28-20)24(25,26)27)7-6-12-34-19-9-5-8-17(13-19)23(2,3)22(31)32/h5,8-11,13-15H,4,6-7,12H2,1-3H3,(H,31,32). The first-order valence-corrected chi connectivity index (χ1v) is 10.7. The topological polar surface area (TPSA) is 86.5 Å². The molecule has 0 atom stereocenters. The van der Waals surface area contributed by atoms with Crippen molar-refractivity contribution in [3.05, 3.63) is 65.5 Å². The number of aryl methyl sites for hydroxylation is 1. The van der Waals surface area contributed by atoms with E-state index in [1.54, 1.807) is 44.3 Å². The van der Waals surface area contributed by atoms with E-state index >= 15 is 0 Å². The summed E-state index contributed by atoms with van der Waals surface area (Å²) in [7, 11) is 0. The van der Waals surface area contributed by atoms with E-state index in [0.29, 0.717) is 43.2 Å². The van der Waals surface area contributed by atoms with E-state index in [2.05, 4.69) is 10.1 Å². The van der Waals surface area contributed by atoms with Gasteiger partial charge in [0.25, 0.3) is 0 Å². The van der Waals surface area contributed by atoms with Gasteiger partial charge in [-0.2, -0.15) is 13.2 Å². The second kappa shape index (κ2) is 10.1. The van der Waals surface area contributed by atoms with Crippen molar-refractivity contribution in [1.29, 1.82) is 0 Å². The molecule has 1 aromatic carbocycles. The van der Waals surface area contributed by atoms with Crippen molar-refractivity contribution in [2.45, 2.75) is 45.2 Å². The molecule has 7 nitrogen and oxygen atoms in total. The highest BCUT2D eigenvalue weighted by atomic mass is 19.4. The van der Waals surface area contributed by atoms with Crippen LogP contribution >= 0.6 is 0 Å². The Labute approximate surface area is 195 Å². The fourth-order valence-corrected chi connectivity index (χ4v) is 3.18. The van der Waals surface area contributed by atoms with Crippen LogP contribution in [0.15, 0.2) is 48.8 Å². The van der Waals surface area contributed by atoms with Crippen molar-refractivity contribution in [2.24, 2.45) is 0 Å². The second-order valence-corrected chi connectivity index (χ2v) is 8.15. The smallest absolute Gasteiger partial charge is 0.417 e. The number of carboxylic acids is 1. The number of rotatable bonds is 10. The molecule has 34 heavy (non-hydrogen) atoms. The summed E-state index contributed by atoms with van der Waals surface area (Å²) in [5, 5.41) is 13.7. The average molecular weight is 477 g/mol. The van der Waals surface area contributed by atoms with Crippen LogP contribution in [0.5, 0.6) is 11.6 Å². The molecule has 0 spiro atoms. The molecular weight excluding hydrogens is 451 g/mol. The Morgan fingerprint density at radius 1 is 1.12 bits per heavy atom. The van der Waals surface area contributed by atoms with Gasteiger partial charge in [-0.3, -0.25) is 4.79 Å². The molecule has 0 aliphatic carbocycles. The molecule has 0 saturated heterocycles.